The van der Waals surface area contributed by atoms with Gasteiger partial charge in [0.05, 0.1) is 39.2 Å². The predicted molar refractivity (Wildman–Crippen MR) is 138 cm³/mol. The summed E-state index contributed by atoms with van der Waals surface area (Å²) in [5, 5.41) is 16.8. The highest BCUT2D eigenvalue weighted by Gasteiger charge is 2.25. The number of anilines is 1. The molecule has 1 fully saturated rings. The fourth-order valence-electron chi connectivity index (χ4n) is 4.41. The van der Waals surface area contributed by atoms with Gasteiger partial charge in [0.25, 0.3) is 0 Å². The fraction of sp³-hybridized carbons (Fsp3) is 0.500. The number of ether oxygens (including phenoxy) is 3. The molecule has 3 N–H and O–H groups in total. The Morgan fingerprint density at radius 3 is 2.20 bits per heavy atom. The molecule has 2 atom stereocenters. The Morgan fingerprint density at radius 1 is 1.09 bits per heavy atom. The van der Waals surface area contributed by atoms with Crippen LogP contribution in [-0.2, 0) is 6.42 Å². The highest BCUT2D eigenvalue weighted by Crippen LogP contribution is 2.39. The smallest absolute Gasteiger partial charge is 0.319 e. The molecule has 2 amide bonds. The van der Waals surface area contributed by atoms with E-state index in [2.05, 4.69) is 27.7 Å². The summed E-state index contributed by atoms with van der Waals surface area (Å²) in [4.78, 5) is 15.0. The highest BCUT2D eigenvalue weighted by molar-refractivity contribution is 6.30. The molecular formula is C26H36ClN3O5. The highest BCUT2D eigenvalue weighted by atomic mass is 35.5. The van der Waals surface area contributed by atoms with Crippen LogP contribution < -0.4 is 24.8 Å². The molecule has 0 spiro atoms. The first-order valence-corrected chi connectivity index (χ1v) is 12.2. The van der Waals surface area contributed by atoms with Crippen LogP contribution in [0, 0.1) is 5.92 Å². The summed E-state index contributed by atoms with van der Waals surface area (Å²) in [6, 6.07) is 10.5. The van der Waals surface area contributed by atoms with Crippen LogP contribution in [-0.4, -0.2) is 69.1 Å². The summed E-state index contributed by atoms with van der Waals surface area (Å²) in [6.07, 6.45) is 2.49. The van der Waals surface area contributed by atoms with Gasteiger partial charge < -0.3 is 34.9 Å². The maximum absolute atomic E-state index is 12.7. The number of benzene rings is 2. The molecule has 0 aromatic heterocycles. The van der Waals surface area contributed by atoms with E-state index in [4.69, 9.17) is 25.8 Å². The number of rotatable bonds is 10. The van der Waals surface area contributed by atoms with Gasteiger partial charge in [0.15, 0.2) is 11.5 Å². The number of carbonyl (C=O) groups excluding carboxylic acids is 1. The van der Waals surface area contributed by atoms with Gasteiger partial charge in [-0.25, -0.2) is 4.79 Å². The first-order valence-electron chi connectivity index (χ1n) is 11.8. The minimum absolute atomic E-state index is 0.412. The summed E-state index contributed by atoms with van der Waals surface area (Å²) >= 11 is 5.99. The molecule has 35 heavy (non-hydrogen) atoms. The molecule has 1 heterocycles. The summed E-state index contributed by atoms with van der Waals surface area (Å²) in [5.41, 5.74) is 1.80. The van der Waals surface area contributed by atoms with E-state index in [1.54, 1.807) is 19.1 Å². The Kier molecular flexibility index (Phi) is 9.89. The van der Waals surface area contributed by atoms with Gasteiger partial charge in [-0.1, -0.05) is 23.7 Å². The second-order valence-corrected chi connectivity index (χ2v) is 9.37. The number of aliphatic hydroxyl groups excluding tert-OH is 1. The van der Waals surface area contributed by atoms with Crippen molar-refractivity contribution in [2.45, 2.75) is 38.3 Å². The Balaban J connectivity index is 1.53. The Morgan fingerprint density at radius 2 is 1.69 bits per heavy atom. The van der Waals surface area contributed by atoms with Crippen molar-refractivity contribution in [1.29, 1.82) is 0 Å². The van der Waals surface area contributed by atoms with Crippen LogP contribution in [0.3, 0.4) is 0 Å². The molecule has 1 unspecified atom stereocenters. The second kappa shape index (κ2) is 12.9. The normalized spacial score (nSPS) is 16.3. The predicted octanol–water partition coefficient (Wildman–Crippen LogP) is 4.19. The summed E-state index contributed by atoms with van der Waals surface area (Å²) < 4.78 is 16.0. The van der Waals surface area contributed by atoms with Crippen LogP contribution in [0.15, 0.2) is 36.4 Å². The quantitative estimate of drug-likeness (QED) is 0.448. The second-order valence-electron chi connectivity index (χ2n) is 8.93. The van der Waals surface area contributed by atoms with E-state index < -0.39 is 18.2 Å². The van der Waals surface area contributed by atoms with E-state index >= 15 is 0 Å². The number of hydrogen-bond acceptors (Lipinski definition) is 6. The zero-order chi connectivity index (χ0) is 25.4. The Labute approximate surface area is 212 Å². The number of halogens is 1. The van der Waals surface area contributed by atoms with Crippen LogP contribution in [0.2, 0.25) is 5.02 Å². The zero-order valence-electron chi connectivity index (χ0n) is 20.8. The van der Waals surface area contributed by atoms with Crippen molar-refractivity contribution >= 4 is 23.3 Å². The molecule has 0 radical (unpaired) electrons. The van der Waals surface area contributed by atoms with Gasteiger partial charge in [0.1, 0.15) is 0 Å². The van der Waals surface area contributed by atoms with Crippen molar-refractivity contribution in [2.75, 3.05) is 46.3 Å². The number of piperidine rings is 1. The zero-order valence-corrected chi connectivity index (χ0v) is 21.6. The van der Waals surface area contributed by atoms with Gasteiger partial charge in [-0.3, -0.25) is 0 Å². The van der Waals surface area contributed by atoms with E-state index in [0.29, 0.717) is 35.4 Å². The molecule has 9 heteroatoms. The lowest BCUT2D eigenvalue weighted by atomic mass is 9.90. The SMILES string of the molecule is COc1cc(NC(=O)N[C@@H](CN2CCC(Cc3ccc(Cl)cc3)CC2)C(C)O)cc(OC)c1OC. The molecule has 2 aromatic carbocycles. The van der Waals surface area contributed by atoms with Crippen molar-refractivity contribution in [1.82, 2.24) is 10.2 Å². The molecule has 0 saturated carbocycles. The number of urea groups is 1. The molecule has 8 nitrogen and oxygen atoms in total. The van der Waals surface area contributed by atoms with Gasteiger partial charge in [-0.15, -0.1) is 0 Å². The number of amides is 2. The first-order chi connectivity index (χ1) is 16.8. The van der Waals surface area contributed by atoms with Crippen molar-refractivity contribution in [3.63, 3.8) is 0 Å². The first kappa shape index (κ1) is 26.9. The summed E-state index contributed by atoms with van der Waals surface area (Å²) in [5.74, 6) is 1.95. The topological polar surface area (TPSA) is 92.3 Å². The molecule has 2 aromatic rings. The fourth-order valence-corrected chi connectivity index (χ4v) is 4.54. The van der Waals surface area contributed by atoms with Crippen LogP contribution in [0.1, 0.15) is 25.3 Å². The van der Waals surface area contributed by atoms with Gasteiger partial charge >= 0.3 is 6.03 Å². The number of methoxy groups -OCH3 is 3. The van der Waals surface area contributed by atoms with E-state index in [-0.39, 0.29) is 0 Å². The molecular weight excluding hydrogens is 470 g/mol. The minimum atomic E-state index is -0.701. The van der Waals surface area contributed by atoms with Gasteiger partial charge in [0, 0.05) is 23.7 Å². The van der Waals surface area contributed by atoms with Crippen LogP contribution in [0.5, 0.6) is 17.2 Å². The summed E-state index contributed by atoms with van der Waals surface area (Å²) in [7, 11) is 4.56. The van der Waals surface area contributed by atoms with Crippen LogP contribution >= 0.6 is 11.6 Å². The number of nitrogens with one attached hydrogen (secondary N) is 2. The molecule has 1 saturated heterocycles. The lowest BCUT2D eigenvalue weighted by Crippen LogP contribution is -2.52. The van der Waals surface area contributed by atoms with Crippen LogP contribution in [0.25, 0.3) is 0 Å². The molecule has 3 rings (SSSR count). The molecule has 192 valence electrons. The number of carbonyl (C=O) groups is 1. The molecule has 0 aliphatic carbocycles. The summed E-state index contributed by atoms with van der Waals surface area (Å²) in [6.45, 7) is 4.13. The maximum atomic E-state index is 12.7. The lowest BCUT2D eigenvalue weighted by Gasteiger charge is -2.35. The third-order valence-corrected chi connectivity index (χ3v) is 6.67. The number of nitrogens with zero attached hydrogens (tertiary/aromatic N) is 1. The lowest BCUT2D eigenvalue weighted by molar-refractivity contribution is 0.102. The monoisotopic (exact) mass is 505 g/mol. The minimum Gasteiger partial charge on any atom is -0.493 e. The number of likely N-dealkylation sites (tertiary alicyclic amines) is 1. The van der Waals surface area contributed by atoms with E-state index in [9.17, 15) is 9.90 Å². The molecule has 0 bridgehead atoms. The number of aliphatic hydroxyl groups is 1. The average molecular weight is 506 g/mol. The van der Waals surface area contributed by atoms with Crippen LogP contribution in [0.4, 0.5) is 10.5 Å². The van der Waals surface area contributed by atoms with Crippen molar-refractivity contribution in [2.24, 2.45) is 5.92 Å². The maximum Gasteiger partial charge on any atom is 0.319 e. The van der Waals surface area contributed by atoms with Gasteiger partial charge in [-0.05, 0) is 62.9 Å². The van der Waals surface area contributed by atoms with E-state index in [1.807, 2.05) is 12.1 Å². The van der Waals surface area contributed by atoms with Gasteiger partial charge in [-0.2, -0.15) is 0 Å². The van der Waals surface area contributed by atoms with E-state index in [0.717, 1.165) is 37.4 Å². The number of hydrogen-bond donors (Lipinski definition) is 3. The van der Waals surface area contributed by atoms with Crippen molar-refractivity contribution in [3.8, 4) is 17.2 Å². The Hall–Kier alpha value is -2.68. The van der Waals surface area contributed by atoms with Crippen molar-refractivity contribution < 1.29 is 24.1 Å². The molecule has 1 aliphatic rings. The average Bonchev–Trinajstić information content (AvgIpc) is 2.85. The molecule has 1 aliphatic heterocycles. The van der Waals surface area contributed by atoms with E-state index in [1.165, 1.54) is 26.9 Å². The third-order valence-electron chi connectivity index (χ3n) is 6.42. The Bertz CT molecular complexity index is 937. The van der Waals surface area contributed by atoms with Crippen molar-refractivity contribution in [3.05, 3.63) is 47.0 Å². The standard InChI is InChI=1S/C26H36ClN3O5/c1-17(31)22(16-30-11-9-19(10-12-30)13-18-5-7-20(27)8-6-18)29-26(32)28-21-14-23(33-2)25(35-4)24(15-21)34-3/h5-8,14-15,17,19,22,31H,9-13,16H2,1-4H3,(H2,28,29,32)/t17?,22-/m0/s1. The largest absolute Gasteiger partial charge is 0.493 e. The third kappa shape index (κ3) is 7.65. The van der Waals surface area contributed by atoms with Gasteiger partial charge in [0.2, 0.25) is 5.75 Å².